The molecule has 2 atom stereocenters. The number of nitrogens with one attached hydrogen (secondary N) is 2. The number of sulfonamides is 1. The minimum atomic E-state index is -3.40. The average Bonchev–Trinajstić information content (AvgIpc) is 2.95. The van der Waals surface area contributed by atoms with Gasteiger partial charge >= 0.3 is 0 Å². The molecule has 11 nitrogen and oxygen atoms in total. The Morgan fingerprint density at radius 1 is 1.12 bits per heavy atom. The smallest absolute Gasteiger partial charge is 0.257 e. The number of aliphatic hydroxyl groups is 1. The number of rotatable bonds is 6. The van der Waals surface area contributed by atoms with Crippen molar-refractivity contribution in [2.24, 2.45) is 4.99 Å². The Morgan fingerprint density at radius 3 is 2.66 bits per heavy atom. The summed E-state index contributed by atoms with van der Waals surface area (Å²) in [6.07, 6.45) is 2.98. The highest BCUT2D eigenvalue weighted by atomic mass is 32.2. The summed E-state index contributed by atoms with van der Waals surface area (Å²) in [6.45, 7) is 1.67. The number of nitrogens with zero attached hydrogens (tertiary/aromatic N) is 4. The van der Waals surface area contributed by atoms with E-state index in [-0.39, 0.29) is 17.9 Å². The molecule has 0 spiro atoms. The van der Waals surface area contributed by atoms with Crippen molar-refractivity contribution in [2.45, 2.75) is 19.2 Å². The molecule has 3 heterocycles. The number of nitrogens with two attached hydrogens (primary N) is 1. The number of carbonyl (C=O) groups is 1. The van der Waals surface area contributed by atoms with Crippen LogP contribution in [0.25, 0.3) is 10.9 Å². The van der Waals surface area contributed by atoms with E-state index in [2.05, 4.69) is 31.8 Å². The summed E-state index contributed by atoms with van der Waals surface area (Å²) >= 11 is 0. The fraction of sp³-hybridized carbons (Fsp3) is 0.172. The van der Waals surface area contributed by atoms with Crippen molar-refractivity contribution >= 4 is 49.9 Å². The lowest BCUT2D eigenvalue weighted by atomic mass is 9.99. The van der Waals surface area contributed by atoms with E-state index in [9.17, 15) is 18.3 Å². The zero-order valence-electron chi connectivity index (χ0n) is 22.2. The number of carbonyl (C=O) groups excluding carboxylic acids is 1. The number of amides is 1. The first-order valence-corrected chi connectivity index (χ1v) is 14.5. The summed E-state index contributed by atoms with van der Waals surface area (Å²) in [5.41, 5.74) is 8.73. The summed E-state index contributed by atoms with van der Waals surface area (Å²) in [6, 6.07) is 17.2. The predicted molar refractivity (Wildman–Crippen MR) is 158 cm³/mol. The summed E-state index contributed by atoms with van der Waals surface area (Å²) in [5, 5.41) is 15.3. The molecule has 0 saturated heterocycles. The molecule has 1 aliphatic heterocycles. The van der Waals surface area contributed by atoms with Gasteiger partial charge in [-0.2, -0.15) is 0 Å². The van der Waals surface area contributed by atoms with E-state index in [0.29, 0.717) is 39.2 Å². The highest BCUT2D eigenvalue weighted by Crippen LogP contribution is 2.39. The minimum absolute atomic E-state index is 0.0466. The molecule has 208 valence electrons. The van der Waals surface area contributed by atoms with Crippen LogP contribution in [0, 0.1) is 11.8 Å². The van der Waals surface area contributed by atoms with Crippen LogP contribution in [-0.4, -0.2) is 54.1 Å². The number of anilines is 2. The van der Waals surface area contributed by atoms with Gasteiger partial charge in [-0.1, -0.05) is 36.1 Å². The molecule has 5 N–H and O–H groups in total. The fourth-order valence-corrected chi connectivity index (χ4v) is 4.88. The first kappa shape index (κ1) is 27.7. The van der Waals surface area contributed by atoms with Crippen molar-refractivity contribution in [3.8, 4) is 11.8 Å². The van der Waals surface area contributed by atoms with Gasteiger partial charge < -0.3 is 16.2 Å². The first-order chi connectivity index (χ1) is 19.6. The number of benzene rings is 2. The number of nitrogen functional groups attached to an aromatic ring is 1. The molecule has 0 radical (unpaired) electrons. The van der Waals surface area contributed by atoms with E-state index in [0.717, 1.165) is 6.26 Å². The van der Waals surface area contributed by atoms with Gasteiger partial charge in [0.25, 0.3) is 5.91 Å². The normalized spacial score (nSPS) is 15.3. The van der Waals surface area contributed by atoms with Gasteiger partial charge in [-0.05, 0) is 43.3 Å². The molecular weight excluding hydrogens is 542 g/mol. The summed E-state index contributed by atoms with van der Waals surface area (Å²) in [5.74, 6) is 5.66. The van der Waals surface area contributed by atoms with E-state index < -0.39 is 28.2 Å². The molecule has 4 aromatic rings. The Labute approximate surface area is 237 Å². The lowest BCUT2D eigenvalue weighted by Crippen LogP contribution is -2.50. The van der Waals surface area contributed by atoms with Crippen LogP contribution in [-0.2, 0) is 10.0 Å². The highest BCUT2D eigenvalue weighted by molar-refractivity contribution is 7.88. The van der Waals surface area contributed by atoms with Crippen molar-refractivity contribution < 1.29 is 18.3 Å². The van der Waals surface area contributed by atoms with Gasteiger partial charge in [-0.3, -0.25) is 14.7 Å². The highest BCUT2D eigenvalue weighted by Gasteiger charge is 2.34. The van der Waals surface area contributed by atoms with Gasteiger partial charge in [-0.15, -0.1) is 0 Å². The van der Waals surface area contributed by atoms with Crippen molar-refractivity contribution in [3.63, 3.8) is 0 Å². The lowest BCUT2D eigenvalue weighted by Gasteiger charge is -2.38. The third-order valence-electron chi connectivity index (χ3n) is 6.38. The summed E-state index contributed by atoms with van der Waals surface area (Å²) < 4.78 is 25.1. The molecular formula is C29H27N7O4S. The van der Waals surface area contributed by atoms with Crippen LogP contribution in [0.5, 0.6) is 0 Å². The van der Waals surface area contributed by atoms with Crippen LogP contribution in [0.15, 0.2) is 78.0 Å². The van der Waals surface area contributed by atoms with Gasteiger partial charge in [0.1, 0.15) is 17.2 Å². The van der Waals surface area contributed by atoms with E-state index in [1.54, 1.807) is 54.5 Å². The van der Waals surface area contributed by atoms with Crippen LogP contribution in [0.3, 0.4) is 0 Å². The predicted octanol–water partition coefficient (Wildman–Crippen LogP) is 2.47. The second-order valence-electron chi connectivity index (χ2n) is 9.34. The minimum Gasteiger partial charge on any atom is -0.383 e. The molecule has 12 heteroatoms. The van der Waals surface area contributed by atoms with Crippen LogP contribution < -0.4 is 20.7 Å². The van der Waals surface area contributed by atoms with E-state index >= 15 is 0 Å². The Bertz CT molecular complexity index is 1830. The third-order valence-corrected chi connectivity index (χ3v) is 7.05. The number of para-hydroxylation sites is 1. The number of aliphatic hydroxyl groups excluding tert-OH is 1. The largest absolute Gasteiger partial charge is 0.383 e. The maximum atomic E-state index is 13.5. The van der Waals surface area contributed by atoms with Gasteiger partial charge in [0, 0.05) is 34.6 Å². The number of hydrogen-bond acceptors (Lipinski definition) is 9. The molecule has 1 amide bonds. The molecule has 5 rings (SSSR count). The SMILES string of the molecule is C[C@H](NC(=O)c1c(N)ncc2cccnc12)C1=Nc2cccc(C#CCNS(C)(=O)=O)c2C(O)N1c1ccccc1. The molecule has 2 aromatic heterocycles. The second kappa shape index (κ2) is 11.3. The molecule has 1 aliphatic rings. The average molecular weight is 570 g/mol. The quantitative estimate of drug-likeness (QED) is 0.257. The van der Waals surface area contributed by atoms with Crippen molar-refractivity contribution in [1.82, 2.24) is 20.0 Å². The Morgan fingerprint density at radius 2 is 1.90 bits per heavy atom. The summed E-state index contributed by atoms with van der Waals surface area (Å²) in [7, 11) is -3.40. The first-order valence-electron chi connectivity index (χ1n) is 12.6. The lowest BCUT2D eigenvalue weighted by molar-refractivity contribution is 0.0950. The maximum Gasteiger partial charge on any atom is 0.257 e. The van der Waals surface area contributed by atoms with E-state index in [1.807, 2.05) is 30.3 Å². The Balaban J connectivity index is 1.54. The van der Waals surface area contributed by atoms with Gasteiger partial charge in [0.05, 0.1) is 30.0 Å². The molecule has 0 saturated carbocycles. The second-order valence-corrected chi connectivity index (χ2v) is 11.2. The molecule has 0 aliphatic carbocycles. The van der Waals surface area contributed by atoms with Crippen LogP contribution in [0.4, 0.5) is 17.2 Å². The summed E-state index contributed by atoms with van der Waals surface area (Å²) in [4.78, 5) is 28.4. The molecule has 2 aromatic carbocycles. The number of pyridine rings is 2. The van der Waals surface area contributed by atoms with Crippen molar-refractivity contribution in [3.05, 3.63) is 89.7 Å². The van der Waals surface area contributed by atoms with Gasteiger partial charge in [0.15, 0.2) is 6.23 Å². The van der Waals surface area contributed by atoms with Crippen LogP contribution in [0.1, 0.15) is 34.6 Å². The zero-order chi connectivity index (χ0) is 29.1. The van der Waals surface area contributed by atoms with E-state index in [4.69, 9.17) is 10.7 Å². The Hall–Kier alpha value is -4.83. The fourth-order valence-electron chi connectivity index (χ4n) is 4.55. The molecule has 0 bridgehead atoms. The molecule has 0 fully saturated rings. The monoisotopic (exact) mass is 569 g/mol. The number of aromatic nitrogens is 2. The van der Waals surface area contributed by atoms with Crippen LogP contribution in [0.2, 0.25) is 0 Å². The Kier molecular flexibility index (Phi) is 7.67. The van der Waals surface area contributed by atoms with Crippen molar-refractivity contribution in [1.29, 1.82) is 0 Å². The van der Waals surface area contributed by atoms with Gasteiger partial charge in [-0.25, -0.2) is 23.1 Å². The third kappa shape index (κ3) is 5.87. The number of fused-ring (bicyclic) bond motifs is 2. The topological polar surface area (TPSA) is 163 Å². The van der Waals surface area contributed by atoms with Gasteiger partial charge in [0.2, 0.25) is 10.0 Å². The number of aliphatic imine (C=N–C) groups is 1. The maximum absolute atomic E-state index is 13.5. The molecule has 41 heavy (non-hydrogen) atoms. The van der Waals surface area contributed by atoms with Crippen LogP contribution >= 0.6 is 0 Å². The molecule has 1 unspecified atom stereocenters. The number of hydrogen-bond donors (Lipinski definition) is 4. The van der Waals surface area contributed by atoms with Crippen molar-refractivity contribution in [2.75, 3.05) is 23.4 Å². The standard InChI is InChI=1S/C29H27N7O4S/c1-18(34-28(37)24-25-20(11-7-15-31-25)17-32-26(24)30)27-35-22-14-6-9-19(10-8-16-33-41(2,39)40)23(22)29(38)36(27)21-12-4-3-5-13-21/h3-7,9,11-15,17-18,29,33,38H,16H2,1-2H3,(H2,30,32)(H,34,37)/t18-,29?/m0/s1. The number of amidine groups is 1. The van der Waals surface area contributed by atoms with E-state index in [1.165, 1.54) is 0 Å². The zero-order valence-corrected chi connectivity index (χ0v) is 23.1.